The molecule has 1 aromatic heterocycles. The van der Waals surface area contributed by atoms with Crippen molar-refractivity contribution in [2.75, 3.05) is 52.5 Å². The summed E-state index contributed by atoms with van der Waals surface area (Å²) in [5.41, 5.74) is 0. The molecular weight excluding hydrogens is 342 g/mol. The minimum atomic E-state index is 0.564. The maximum absolute atomic E-state index is 5.42. The Balaban J connectivity index is 1.55. The summed E-state index contributed by atoms with van der Waals surface area (Å²) in [6.07, 6.45) is 3.66. The van der Waals surface area contributed by atoms with Crippen molar-refractivity contribution >= 4 is 5.96 Å². The van der Waals surface area contributed by atoms with Crippen LogP contribution in [0.3, 0.4) is 0 Å². The third-order valence-corrected chi connectivity index (χ3v) is 5.55. The van der Waals surface area contributed by atoms with Crippen LogP contribution in [0.2, 0.25) is 0 Å². The van der Waals surface area contributed by atoms with E-state index in [1.165, 1.54) is 12.8 Å². The van der Waals surface area contributed by atoms with E-state index in [-0.39, 0.29) is 0 Å². The van der Waals surface area contributed by atoms with Gasteiger partial charge in [0.25, 0.3) is 0 Å². The van der Waals surface area contributed by atoms with Crippen molar-refractivity contribution in [1.29, 1.82) is 0 Å². The van der Waals surface area contributed by atoms with Gasteiger partial charge in [-0.15, -0.1) is 10.2 Å². The van der Waals surface area contributed by atoms with E-state index in [9.17, 15) is 0 Å². The number of aryl methyl sites for hydroxylation is 1. The minimum absolute atomic E-state index is 0.564. The molecule has 0 aliphatic carbocycles. The number of hydrogen-bond acceptors (Lipinski definition) is 5. The molecule has 0 bridgehead atoms. The molecule has 152 valence electrons. The number of likely N-dealkylation sites (tertiary alicyclic amines) is 1. The molecule has 0 radical (unpaired) electrons. The Kier molecular flexibility index (Phi) is 7.46. The first-order chi connectivity index (χ1) is 13.1. The minimum Gasteiger partial charge on any atom is -0.379 e. The first kappa shape index (κ1) is 20.1. The number of rotatable bonds is 6. The predicted molar refractivity (Wildman–Crippen MR) is 107 cm³/mol. The SMILES string of the molecule is Cc1nnc(CN=C(NCCCN2CCOCC2)N2CCCC(C)C2)n1C. The molecule has 1 aromatic rings. The molecule has 3 heterocycles. The van der Waals surface area contributed by atoms with Crippen LogP contribution in [-0.2, 0) is 18.3 Å². The van der Waals surface area contributed by atoms with Crippen LogP contribution in [0.1, 0.15) is 37.8 Å². The standard InChI is InChI=1S/C19H35N7O/c1-16-6-4-9-26(15-16)19(21-14-18-23-22-17(2)24(18)3)20-7-5-8-25-10-12-27-13-11-25/h16H,4-15H2,1-3H3,(H,20,21). The fourth-order valence-electron chi connectivity index (χ4n) is 3.71. The van der Waals surface area contributed by atoms with E-state index in [0.29, 0.717) is 6.54 Å². The molecule has 0 saturated carbocycles. The van der Waals surface area contributed by atoms with E-state index in [4.69, 9.17) is 9.73 Å². The van der Waals surface area contributed by atoms with E-state index in [0.717, 1.165) is 82.4 Å². The molecule has 27 heavy (non-hydrogen) atoms. The third kappa shape index (κ3) is 5.90. The Morgan fingerprint density at radius 2 is 2.07 bits per heavy atom. The maximum Gasteiger partial charge on any atom is 0.194 e. The average Bonchev–Trinajstić information content (AvgIpc) is 3.00. The Labute approximate surface area is 163 Å². The number of morpholine rings is 1. The lowest BCUT2D eigenvalue weighted by atomic mass is 10.0. The number of ether oxygens (including phenoxy) is 1. The normalized spacial score (nSPS) is 22.3. The van der Waals surface area contributed by atoms with Gasteiger partial charge in [0, 0.05) is 39.8 Å². The molecule has 2 aliphatic heterocycles. The average molecular weight is 378 g/mol. The number of guanidine groups is 1. The molecule has 0 spiro atoms. The highest BCUT2D eigenvalue weighted by atomic mass is 16.5. The second-order valence-electron chi connectivity index (χ2n) is 7.79. The Morgan fingerprint density at radius 1 is 1.26 bits per heavy atom. The summed E-state index contributed by atoms with van der Waals surface area (Å²) in [4.78, 5) is 9.77. The van der Waals surface area contributed by atoms with E-state index in [2.05, 4.69) is 32.2 Å². The van der Waals surface area contributed by atoms with Gasteiger partial charge in [-0.1, -0.05) is 6.92 Å². The molecule has 2 fully saturated rings. The van der Waals surface area contributed by atoms with Gasteiger partial charge in [-0.05, 0) is 38.6 Å². The Morgan fingerprint density at radius 3 is 2.78 bits per heavy atom. The number of aromatic nitrogens is 3. The van der Waals surface area contributed by atoms with Crippen molar-refractivity contribution < 1.29 is 4.74 Å². The van der Waals surface area contributed by atoms with Crippen LogP contribution < -0.4 is 5.32 Å². The topological polar surface area (TPSA) is 70.8 Å². The highest BCUT2D eigenvalue weighted by Crippen LogP contribution is 2.15. The maximum atomic E-state index is 5.42. The quantitative estimate of drug-likeness (QED) is 0.453. The summed E-state index contributed by atoms with van der Waals surface area (Å²) in [5, 5.41) is 12.0. The molecule has 1 unspecified atom stereocenters. The number of nitrogens with zero attached hydrogens (tertiary/aromatic N) is 6. The van der Waals surface area contributed by atoms with Crippen LogP contribution in [-0.4, -0.2) is 83.0 Å². The number of aliphatic imine (C=N–C) groups is 1. The summed E-state index contributed by atoms with van der Waals surface area (Å²) in [7, 11) is 2.00. The summed E-state index contributed by atoms with van der Waals surface area (Å²) < 4.78 is 7.44. The zero-order valence-corrected chi connectivity index (χ0v) is 17.2. The lowest BCUT2D eigenvalue weighted by Gasteiger charge is -2.34. The summed E-state index contributed by atoms with van der Waals surface area (Å²) in [6.45, 7) is 12.9. The second-order valence-corrected chi connectivity index (χ2v) is 7.79. The second kappa shape index (κ2) is 10.0. The van der Waals surface area contributed by atoms with E-state index < -0.39 is 0 Å². The molecule has 3 rings (SSSR count). The van der Waals surface area contributed by atoms with E-state index >= 15 is 0 Å². The van der Waals surface area contributed by atoms with Gasteiger partial charge in [0.1, 0.15) is 12.4 Å². The van der Waals surface area contributed by atoms with Crippen molar-refractivity contribution in [2.45, 2.75) is 39.7 Å². The first-order valence-corrected chi connectivity index (χ1v) is 10.3. The van der Waals surface area contributed by atoms with E-state index in [1.807, 2.05) is 18.5 Å². The summed E-state index contributed by atoms with van der Waals surface area (Å²) in [6, 6.07) is 0. The molecule has 0 amide bonds. The third-order valence-electron chi connectivity index (χ3n) is 5.55. The molecular formula is C19H35N7O. The lowest BCUT2D eigenvalue weighted by Crippen LogP contribution is -2.47. The van der Waals surface area contributed by atoms with Gasteiger partial charge >= 0.3 is 0 Å². The molecule has 2 aliphatic rings. The molecule has 0 aromatic carbocycles. The van der Waals surface area contributed by atoms with Gasteiger partial charge in [-0.2, -0.15) is 0 Å². The Hall–Kier alpha value is -1.67. The van der Waals surface area contributed by atoms with Gasteiger partial charge < -0.3 is 19.5 Å². The van der Waals surface area contributed by atoms with Gasteiger partial charge in [-0.25, -0.2) is 4.99 Å². The number of nitrogens with one attached hydrogen (secondary N) is 1. The van der Waals surface area contributed by atoms with Crippen molar-refractivity contribution in [3.8, 4) is 0 Å². The van der Waals surface area contributed by atoms with Gasteiger partial charge in [0.2, 0.25) is 0 Å². The van der Waals surface area contributed by atoms with Crippen molar-refractivity contribution in [3.63, 3.8) is 0 Å². The zero-order chi connectivity index (χ0) is 19.1. The largest absolute Gasteiger partial charge is 0.379 e. The molecule has 2 saturated heterocycles. The first-order valence-electron chi connectivity index (χ1n) is 10.3. The number of piperidine rings is 1. The summed E-state index contributed by atoms with van der Waals surface area (Å²) in [5.74, 6) is 3.57. The lowest BCUT2D eigenvalue weighted by molar-refractivity contribution is 0.0375. The monoisotopic (exact) mass is 377 g/mol. The van der Waals surface area contributed by atoms with E-state index in [1.54, 1.807) is 0 Å². The zero-order valence-electron chi connectivity index (χ0n) is 17.2. The van der Waals surface area contributed by atoms with Gasteiger partial charge in [0.15, 0.2) is 11.8 Å². The predicted octanol–water partition coefficient (Wildman–Crippen LogP) is 1.02. The van der Waals surface area contributed by atoms with Crippen LogP contribution in [0.4, 0.5) is 0 Å². The van der Waals surface area contributed by atoms with Crippen molar-refractivity contribution in [2.24, 2.45) is 18.0 Å². The van der Waals surface area contributed by atoms with Crippen molar-refractivity contribution in [1.82, 2.24) is 29.9 Å². The molecule has 1 N–H and O–H groups in total. The van der Waals surface area contributed by atoms with Gasteiger partial charge in [-0.3, -0.25) is 4.90 Å². The molecule has 8 heteroatoms. The fraction of sp³-hybridized carbons (Fsp3) is 0.842. The number of hydrogen-bond donors (Lipinski definition) is 1. The highest BCUT2D eigenvalue weighted by molar-refractivity contribution is 5.80. The smallest absolute Gasteiger partial charge is 0.194 e. The summed E-state index contributed by atoms with van der Waals surface area (Å²) >= 11 is 0. The van der Waals surface area contributed by atoms with Gasteiger partial charge in [0.05, 0.1) is 13.2 Å². The van der Waals surface area contributed by atoms with Crippen LogP contribution in [0.5, 0.6) is 0 Å². The highest BCUT2D eigenvalue weighted by Gasteiger charge is 2.20. The fourth-order valence-corrected chi connectivity index (χ4v) is 3.71. The molecule has 8 nitrogen and oxygen atoms in total. The van der Waals surface area contributed by atoms with Crippen LogP contribution in [0, 0.1) is 12.8 Å². The van der Waals surface area contributed by atoms with Crippen LogP contribution in [0.25, 0.3) is 0 Å². The Bertz CT molecular complexity index is 609. The van der Waals surface area contributed by atoms with Crippen LogP contribution >= 0.6 is 0 Å². The van der Waals surface area contributed by atoms with Crippen LogP contribution in [0.15, 0.2) is 4.99 Å². The molecule has 1 atom stereocenters. The van der Waals surface area contributed by atoms with Crippen molar-refractivity contribution in [3.05, 3.63) is 11.6 Å².